The normalized spacial score (nSPS) is 11.3. The van der Waals surface area contributed by atoms with Crippen molar-refractivity contribution in [3.8, 4) is 11.4 Å². The third-order valence-corrected chi connectivity index (χ3v) is 7.36. The van der Waals surface area contributed by atoms with Crippen LogP contribution in [-0.2, 0) is 6.54 Å². The number of aromatic nitrogens is 2. The highest BCUT2D eigenvalue weighted by Gasteiger charge is 2.07. The molecule has 0 spiro atoms. The molecule has 3 heteroatoms. The van der Waals surface area contributed by atoms with Gasteiger partial charge in [0.15, 0.2) is 0 Å². The van der Waals surface area contributed by atoms with Crippen molar-refractivity contribution in [2.24, 2.45) is 0 Å². The Morgan fingerprint density at radius 2 is 1.06 bits per heavy atom. The fourth-order valence-electron chi connectivity index (χ4n) is 4.96. The van der Waals surface area contributed by atoms with Crippen molar-refractivity contribution in [1.82, 2.24) is 4.57 Å². The number of aryl methyl sites for hydroxylation is 1. The van der Waals surface area contributed by atoms with Crippen molar-refractivity contribution in [3.63, 3.8) is 0 Å². The second-order valence-corrected chi connectivity index (χ2v) is 10.8. The largest absolute Gasteiger partial charge is 0.494 e. The molecule has 0 atom stereocenters. The quantitative estimate of drug-likeness (QED) is 0.104. The topological polar surface area (TPSA) is 18.0 Å². The van der Waals surface area contributed by atoms with E-state index in [2.05, 4.69) is 66.0 Å². The molecule has 0 amide bonds. The minimum absolute atomic E-state index is 0.832. The van der Waals surface area contributed by atoms with Gasteiger partial charge in [-0.1, -0.05) is 123 Å². The fourth-order valence-corrected chi connectivity index (χ4v) is 4.96. The minimum Gasteiger partial charge on any atom is -0.494 e. The molecule has 0 unspecified atom stereocenters. The van der Waals surface area contributed by atoms with Crippen LogP contribution >= 0.6 is 0 Å². The number of hydrogen-bond donors (Lipinski definition) is 0. The molecule has 0 N–H and O–H groups in total. The SMILES string of the molecule is CCCCCCCCCCCCOc1ccc(-n2cc[n+](CCCCCCCCCCCC)c2)cc1. The van der Waals surface area contributed by atoms with Gasteiger partial charge in [0.25, 0.3) is 0 Å². The van der Waals surface area contributed by atoms with Gasteiger partial charge in [-0.3, -0.25) is 0 Å². The summed E-state index contributed by atoms with van der Waals surface area (Å²) in [5.41, 5.74) is 1.20. The lowest BCUT2D eigenvalue weighted by atomic mass is 10.1. The molecule has 0 bridgehead atoms. The van der Waals surface area contributed by atoms with Gasteiger partial charge in [-0.15, -0.1) is 0 Å². The Kier molecular flexibility index (Phi) is 18.0. The summed E-state index contributed by atoms with van der Waals surface area (Å²) in [4.78, 5) is 0. The number of nitrogens with zero attached hydrogens (tertiary/aromatic N) is 2. The average molecular weight is 498 g/mol. The van der Waals surface area contributed by atoms with Gasteiger partial charge >= 0.3 is 0 Å². The highest BCUT2D eigenvalue weighted by atomic mass is 16.5. The van der Waals surface area contributed by atoms with Crippen LogP contribution in [0.2, 0.25) is 0 Å². The molecule has 1 aromatic carbocycles. The van der Waals surface area contributed by atoms with Gasteiger partial charge in [-0.05, 0) is 43.5 Å². The van der Waals surface area contributed by atoms with Crippen molar-refractivity contribution in [2.75, 3.05) is 6.61 Å². The second-order valence-electron chi connectivity index (χ2n) is 10.8. The average Bonchev–Trinajstić information content (AvgIpc) is 3.38. The summed E-state index contributed by atoms with van der Waals surface area (Å²) >= 11 is 0. The van der Waals surface area contributed by atoms with E-state index in [1.807, 2.05) is 0 Å². The van der Waals surface area contributed by atoms with Crippen LogP contribution in [0.4, 0.5) is 0 Å². The third-order valence-electron chi connectivity index (χ3n) is 7.36. The van der Waals surface area contributed by atoms with Crippen LogP contribution in [-0.4, -0.2) is 11.2 Å². The molecule has 0 aliphatic rings. The van der Waals surface area contributed by atoms with Crippen LogP contribution in [0, 0.1) is 0 Å². The maximum atomic E-state index is 5.98. The Morgan fingerprint density at radius 3 is 1.58 bits per heavy atom. The van der Waals surface area contributed by atoms with E-state index in [1.54, 1.807) is 0 Å². The van der Waals surface area contributed by atoms with E-state index in [0.717, 1.165) is 25.3 Å². The molecule has 36 heavy (non-hydrogen) atoms. The predicted molar refractivity (Wildman–Crippen MR) is 155 cm³/mol. The van der Waals surface area contributed by atoms with Crippen molar-refractivity contribution < 1.29 is 9.30 Å². The van der Waals surface area contributed by atoms with Gasteiger partial charge in [-0.25, -0.2) is 9.13 Å². The van der Waals surface area contributed by atoms with Gasteiger partial charge in [0.05, 0.1) is 13.2 Å². The van der Waals surface area contributed by atoms with Gasteiger partial charge in [0, 0.05) is 0 Å². The maximum Gasteiger partial charge on any atom is 0.248 e. The molecule has 2 aromatic rings. The molecule has 2 rings (SSSR count). The molecule has 0 saturated heterocycles. The van der Waals surface area contributed by atoms with E-state index in [9.17, 15) is 0 Å². The number of rotatable bonds is 24. The van der Waals surface area contributed by atoms with Crippen LogP contribution in [0.3, 0.4) is 0 Å². The Morgan fingerprint density at radius 1 is 0.583 bits per heavy atom. The van der Waals surface area contributed by atoms with E-state index in [4.69, 9.17) is 4.74 Å². The van der Waals surface area contributed by atoms with Crippen LogP contribution < -0.4 is 9.30 Å². The van der Waals surface area contributed by atoms with Crippen molar-refractivity contribution in [3.05, 3.63) is 43.0 Å². The molecular formula is C33H57N2O+. The third kappa shape index (κ3) is 14.7. The molecule has 0 radical (unpaired) electrons. The highest BCUT2D eigenvalue weighted by Crippen LogP contribution is 2.16. The zero-order valence-corrected chi connectivity index (χ0v) is 23.9. The Hall–Kier alpha value is -1.77. The van der Waals surface area contributed by atoms with Gasteiger partial charge in [0.1, 0.15) is 23.8 Å². The summed E-state index contributed by atoms with van der Waals surface area (Å²) in [6.07, 6.45) is 34.1. The fraction of sp³-hybridized carbons (Fsp3) is 0.727. The second kappa shape index (κ2) is 21.3. The Balaban J connectivity index is 1.50. The van der Waals surface area contributed by atoms with E-state index in [0.29, 0.717) is 0 Å². The van der Waals surface area contributed by atoms with Crippen molar-refractivity contribution in [2.45, 2.75) is 149 Å². The van der Waals surface area contributed by atoms with E-state index >= 15 is 0 Å². The number of ether oxygens (including phenoxy) is 1. The monoisotopic (exact) mass is 497 g/mol. The standard InChI is InChI=1S/C33H57N2O/c1-3-5-7-9-11-13-15-17-19-21-27-34-28-29-35(31-34)32-23-25-33(26-24-32)36-30-22-20-18-16-14-12-10-8-6-4-2/h23-26,28-29,31H,3-22,27,30H2,1-2H3/q+1. The smallest absolute Gasteiger partial charge is 0.248 e. The molecule has 3 nitrogen and oxygen atoms in total. The molecule has 0 aliphatic heterocycles. The summed E-state index contributed by atoms with van der Waals surface area (Å²) in [5.74, 6) is 0.986. The lowest BCUT2D eigenvalue weighted by Crippen LogP contribution is -2.30. The summed E-state index contributed by atoms with van der Waals surface area (Å²) in [7, 11) is 0. The number of hydrogen-bond acceptors (Lipinski definition) is 1. The zero-order valence-electron chi connectivity index (χ0n) is 23.9. The highest BCUT2D eigenvalue weighted by molar-refractivity contribution is 5.36. The molecule has 1 heterocycles. The molecular weight excluding hydrogens is 440 g/mol. The lowest BCUT2D eigenvalue weighted by Gasteiger charge is -2.06. The molecule has 1 aromatic heterocycles. The van der Waals surface area contributed by atoms with Gasteiger partial charge in [-0.2, -0.15) is 0 Å². The first kappa shape index (κ1) is 30.5. The first-order valence-corrected chi connectivity index (χ1v) is 15.6. The van der Waals surface area contributed by atoms with Crippen LogP contribution in [0.25, 0.3) is 5.69 Å². The molecule has 204 valence electrons. The Labute approximate surface area is 223 Å². The number of unbranched alkanes of at least 4 members (excludes halogenated alkanes) is 18. The van der Waals surface area contributed by atoms with E-state index < -0.39 is 0 Å². The molecule has 0 aliphatic carbocycles. The predicted octanol–water partition coefficient (Wildman–Crippen LogP) is 9.99. The summed E-state index contributed by atoms with van der Waals surface area (Å²) < 4.78 is 10.5. The minimum atomic E-state index is 0.832. The van der Waals surface area contributed by atoms with Crippen LogP contribution in [0.5, 0.6) is 5.75 Å². The van der Waals surface area contributed by atoms with Crippen LogP contribution in [0.15, 0.2) is 43.0 Å². The van der Waals surface area contributed by atoms with Gasteiger partial charge < -0.3 is 4.74 Å². The zero-order chi connectivity index (χ0) is 25.5. The lowest BCUT2D eigenvalue weighted by molar-refractivity contribution is -0.696. The van der Waals surface area contributed by atoms with E-state index in [-0.39, 0.29) is 0 Å². The van der Waals surface area contributed by atoms with Crippen molar-refractivity contribution in [1.29, 1.82) is 0 Å². The maximum absolute atomic E-state index is 5.98. The number of imidazole rings is 1. The summed E-state index contributed by atoms with van der Waals surface area (Å²) in [6, 6.07) is 8.55. The Bertz CT molecular complexity index is 736. The van der Waals surface area contributed by atoms with Crippen molar-refractivity contribution >= 4 is 0 Å². The summed E-state index contributed by atoms with van der Waals surface area (Å²) in [5, 5.41) is 0. The van der Waals surface area contributed by atoms with E-state index in [1.165, 1.54) is 128 Å². The van der Waals surface area contributed by atoms with Crippen LogP contribution in [0.1, 0.15) is 142 Å². The first-order valence-electron chi connectivity index (χ1n) is 15.6. The molecule has 0 fully saturated rings. The summed E-state index contributed by atoms with van der Waals surface area (Å²) in [6.45, 7) is 6.52. The molecule has 0 saturated carbocycles. The van der Waals surface area contributed by atoms with Gasteiger partial charge in [0.2, 0.25) is 6.33 Å². The first-order chi connectivity index (χ1) is 17.8. The number of benzene rings is 1.